The Hall–Kier alpha value is -1.20. The van der Waals surface area contributed by atoms with Gasteiger partial charge in [0.1, 0.15) is 0 Å². The molecule has 18 heavy (non-hydrogen) atoms. The van der Waals surface area contributed by atoms with Crippen LogP contribution in [0.4, 0.5) is 0 Å². The molecular weight excluding hydrogens is 312 g/mol. The molecule has 0 spiro atoms. The Bertz CT molecular complexity index is 568. The van der Waals surface area contributed by atoms with Crippen LogP contribution in [0.1, 0.15) is 21.7 Å². The summed E-state index contributed by atoms with van der Waals surface area (Å²) in [6, 6.07) is 7.67. The van der Waals surface area contributed by atoms with Gasteiger partial charge >= 0.3 is 0 Å². The van der Waals surface area contributed by atoms with E-state index in [-0.39, 0.29) is 5.91 Å². The molecule has 0 atom stereocenters. The molecule has 2 heterocycles. The summed E-state index contributed by atoms with van der Waals surface area (Å²) in [5, 5.41) is 1.85. The fraction of sp³-hybridized carbons (Fsp3) is 0.231. The van der Waals surface area contributed by atoms with E-state index in [1.165, 1.54) is 11.3 Å². The van der Waals surface area contributed by atoms with Crippen LogP contribution in [0.5, 0.6) is 0 Å². The normalized spacial score (nSPS) is 10.4. The fourth-order valence-corrected chi connectivity index (χ4v) is 2.78. The fourth-order valence-electron chi connectivity index (χ4n) is 1.64. The average Bonchev–Trinajstić information content (AvgIpc) is 2.75. The summed E-state index contributed by atoms with van der Waals surface area (Å²) in [7, 11) is 1.79. The average molecular weight is 325 g/mol. The van der Waals surface area contributed by atoms with Gasteiger partial charge in [-0.1, -0.05) is 6.07 Å². The van der Waals surface area contributed by atoms with Crippen LogP contribution in [-0.4, -0.2) is 22.8 Å². The number of aromatic nitrogens is 1. The van der Waals surface area contributed by atoms with E-state index in [0.29, 0.717) is 12.1 Å². The van der Waals surface area contributed by atoms with E-state index in [4.69, 9.17) is 0 Å². The van der Waals surface area contributed by atoms with Crippen LogP contribution < -0.4 is 0 Å². The zero-order valence-corrected chi connectivity index (χ0v) is 12.6. The molecule has 0 aliphatic heterocycles. The summed E-state index contributed by atoms with van der Waals surface area (Å²) < 4.78 is 0.966. The second-order valence-electron chi connectivity index (χ2n) is 4.07. The van der Waals surface area contributed by atoms with Gasteiger partial charge in [-0.25, -0.2) is 0 Å². The Balaban J connectivity index is 2.08. The zero-order chi connectivity index (χ0) is 13.1. The maximum Gasteiger partial charge on any atom is 0.254 e. The molecule has 0 aliphatic rings. The highest BCUT2D eigenvalue weighted by atomic mass is 79.9. The van der Waals surface area contributed by atoms with Crippen molar-refractivity contribution in [2.45, 2.75) is 13.5 Å². The number of hydrogen-bond donors (Lipinski definition) is 0. The number of hydrogen-bond acceptors (Lipinski definition) is 3. The first kappa shape index (κ1) is 13.2. The molecule has 1 amide bonds. The number of thiophene rings is 1. The molecule has 0 N–H and O–H groups in total. The summed E-state index contributed by atoms with van der Waals surface area (Å²) in [5.41, 5.74) is 2.58. The van der Waals surface area contributed by atoms with Crippen molar-refractivity contribution in [2.24, 2.45) is 0 Å². The van der Waals surface area contributed by atoms with Crippen molar-refractivity contribution in [3.63, 3.8) is 0 Å². The molecule has 2 rings (SSSR count). The summed E-state index contributed by atoms with van der Waals surface area (Å²) in [6.45, 7) is 2.47. The van der Waals surface area contributed by atoms with E-state index in [1.807, 2.05) is 36.6 Å². The number of pyridine rings is 1. The molecule has 0 unspecified atom stereocenters. The number of amides is 1. The van der Waals surface area contributed by atoms with Gasteiger partial charge in [0.15, 0.2) is 0 Å². The lowest BCUT2D eigenvalue weighted by molar-refractivity contribution is 0.0784. The second kappa shape index (κ2) is 5.63. The highest BCUT2D eigenvalue weighted by Crippen LogP contribution is 2.21. The zero-order valence-electron chi connectivity index (χ0n) is 10.2. The molecule has 0 bridgehead atoms. The molecule has 3 nitrogen and oxygen atoms in total. The third kappa shape index (κ3) is 3.17. The largest absolute Gasteiger partial charge is 0.336 e. The number of rotatable bonds is 3. The number of halogens is 1. The maximum absolute atomic E-state index is 12.1. The first-order valence-corrected chi connectivity index (χ1v) is 7.15. The summed E-state index contributed by atoms with van der Waals surface area (Å²) >= 11 is 4.87. The van der Waals surface area contributed by atoms with Gasteiger partial charge in [-0.15, -0.1) is 11.3 Å². The molecule has 0 saturated carbocycles. The first-order valence-electron chi connectivity index (χ1n) is 5.48. The van der Waals surface area contributed by atoms with Crippen LogP contribution >= 0.6 is 27.3 Å². The lowest BCUT2D eigenvalue weighted by Crippen LogP contribution is -2.26. The number of nitrogens with zero attached hydrogens (tertiary/aromatic N) is 2. The Kier molecular flexibility index (Phi) is 4.14. The second-order valence-corrected chi connectivity index (χ2v) is 6.36. The van der Waals surface area contributed by atoms with Crippen molar-refractivity contribution < 1.29 is 4.79 Å². The smallest absolute Gasteiger partial charge is 0.254 e. The maximum atomic E-state index is 12.1. The number of carbonyl (C=O) groups excluding carboxylic acids is 1. The molecule has 0 aromatic carbocycles. The third-order valence-corrected chi connectivity index (χ3v) is 4.01. The van der Waals surface area contributed by atoms with Crippen LogP contribution in [0.3, 0.4) is 0 Å². The topological polar surface area (TPSA) is 33.2 Å². The minimum absolute atomic E-state index is 0.0141. The van der Waals surface area contributed by atoms with Crippen LogP contribution in [-0.2, 0) is 6.54 Å². The predicted molar refractivity (Wildman–Crippen MR) is 76.8 cm³/mol. The van der Waals surface area contributed by atoms with Crippen LogP contribution in [0.15, 0.2) is 33.4 Å². The van der Waals surface area contributed by atoms with E-state index in [1.54, 1.807) is 11.9 Å². The van der Waals surface area contributed by atoms with Gasteiger partial charge in [0.25, 0.3) is 5.91 Å². The molecule has 0 fully saturated rings. The van der Waals surface area contributed by atoms with Crippen molar-refractivity contribution in [3.05, 3.63) is 50.4 Å². The molecule has 2 aromatic heterocycles. The van der Waals surface area contributed by atoms with Crippen molar-refractivity contribution >= 4 is 33.2 Å². The standard InChI is InChI=1S/C13H13BrN2OS/c1-9-4-3-5-11(15-9)7-16(2)13(17)10-6-12(14)18-8-10/h3-6,8H,7H2,1-2H3. The van der Waals surface area contributed by atoms with Gasteiger partial charge < -0.3 is 4.90 Å². The van der Waals surface area contributed by atoms with Gasteiger partial charge in [-0.3, -0.25) is 9.78 Å². The van der Waals surface area contributed by atoms with E-state index in [0.717, 1.165) is 15.2 Å². The van der Waals surface area contributed by atoms with Crippen LogP contribution in [0.2, 0.25) is 0 Å². The predicted octanol–water partition coefficient (Wildman–Crippen LogP) is 3.49. The molecule has 94 valence electrons. The van der Waals surface area contributed by atoms with Crippen LogP contribution in [0, 0.1) is 6.92 Å². The van der Waals surface area contributed by atoms with Gasteiger partial charge in [0, 0.05) is 18.1 Å². The highest BCUT2D eigenvalue weighted by molar-refractivity contribution is 9.11. The van der Waals surface area contributed by atoms with Crippen LogP contribution in [0.25, 0.3) is 0 Å². The van der Waals surface area contributed by atoms with E-state index < -0.39 is 0 Å². The Labute approximate surface area is 119 Å². The number of carbonyl (C=O) groups is 1. The monoisotopic (exact) mass is 324 g/mol. The molecular formula is C13H13BrN2OS. The van der Waals surface area contributed by atoms with Crippen molar-refractivity contribution in [2.75, 3.05) is 7.05 Å². The Morgan fingerprint density at radius 2 is 2.28 bits per heavy atom. The first-order chi connectivity index (χ1) is 8.56. The molecule has 0 radical (unpaired) electrons. The van der Waals surface area contributed by atoms with Gasteiger partial charge in [-0.05, 0) is 41.1 Å². The molecule has 0 aliphatic carbocycles. The van der Waals surface area contributed by atoms with E-state index >= 15 is 0 Å². The highest BCUT2D eigenvalue weighted by Gasteiger charge is 2.14. The lowest BCUT2D eigenvalue weighted by Gasteiger charge is -2.16. The van der Waals surface area contributed by atoms with Crippen molar-refractivity contribution in [3.8, 4) is 0 Å². The van der Waals surface area contributed by atoms with Gasteiger partial charge in [0.05, 0.1) is 21.6 Å². The summed E-state index contributed by atoms with van der Waals surface area (Å²) in [6.07, 6.45) is 0. The van der Waals surface area contributed by atoms with E-state index in [2.05, 4.69) is 20.9 Å². The minimum Gasteiger partial charge on any atom is -0.336 e. The molecule has 2 aromatic rings. The Morgan fingerprint density at radius 1 is 1.50 bits per heavy atom. The lowest BCUT2D eigenvalue weighted by atomic mass is 10.2. The molecule has 5 heteroatoms. The summed E-state index contributed by atoms with van der Waals surface area (Å²) in [4.78, 5) is 18.2. The quantitative estimate of drug-likeness (QED) is 0.865. The third-order valence-electron chi connectivity index (χ3n) is 2.51. The van der Waals surface area contributed by atoms with E-state index in [9.17, 15) is 4.79 Å². The molecule has 0 saturated heterocycles. The minimum atomic E-state index is 0.0141. The van der Waals surface area contributed by atoms with Gasteiger partial charge in [-0.2, -0.15) is 0 Å². The van der Waals surface area contributed by atoms with Crippen molar-refractivity contribution in [1.29, 1.82) is 0 Å². The number of aryl methyl sites for hydroxylation is 1. The SMILES string of the molecule is Cc1cccc(CN(C)C(=O)c2csc(Br)c2)n1. The van der Waals surface area contributed by atoms with Gasteiger partial charge in [0.2, 0.25) is 0 Å². The summed E-state index contributed by atoms with van der Waals surface area (Å²) in [5.74, 6) is 0.0141. The van der Waals surface area contributed by atoms with Crippen molar-refractivity contribution in [1.82, 2.24) is 9.88 Å². The Morgan fingerprint density at radius 3 is 2.89 bits per heavy atom.